The van der Waals surface area contributed by atoms with E-state index in [0.29, 0.717) is 19.6 Å². The molecule has 0 fully saturated rings. The van der Waals surface area contributed by atoms with Crippen LogP contribution in [0.2, 0.25) is 0 Å². The number of sulfonamides is 1. The molecule has 0 saturated heterocycles. The lowest BCUT2D eigenvalue weighted by molar-refractivity contribution is -0.132. The number of carbonyl (C=O) groups is 1. The van der Waals surface area contributed by atoms with Crippen LogP contribution in [-0.4, -0.2) is 50.3 Å². The van der Waals surface area contributed by atoms with Crippen molar-refractivity contribution >= 4 is 27.3 Å². The van der Waals surface area contributed by atoms with E-state index in [9.17, 15) is 17.6 Å². The quantitative estimate of drug-likeness (QED) is 0.342. The smallest absolute Gasteiger partial charge is 0.243 e. The Morgan fingerprint density at radius 2 is 1.74 bits per heavy atom. The molecule has 34 heavy (non-hydrogen) atoms. The minimum atomic E-state index is -3.88. The Kier molecular flexibility index (Phi) is 9.35. The van der Waals surface area contributed by atoms with E-state index >= 15 is 0 Å². The van der Waals surface area contributed by atoms with Crippen molar-refractivity contribution < 1.29 is 22.3 Å². The lowest BCUT2D eigenvalue weighted by atomic mass is 10.2. The van der Waals surface area contributed by atoms with Crippen molar-refractivity contribution in [2.24, 2.45) is 0 Å². The van der Waals surface area contributed by atoms with Crippen molar-refractivity contribution in [2.45, 2.75) is 31.3 Å². The molecule has 0 atom stereocenters. The molecule has 0 spiro atoms. The van der Waals surface area contributed by atoms with E-state index in [1.165, 1.54) is 28.6 Å². The maximum atomic E-state index is 13.5. The Labute approximate surface area is 204 Å². The Bertz CT molecular complexity index is 1170. The van der Waals surface area contributed by atoms with Gasteiger partial charge in [-0.3, -0.25) is 4.79 Å². The molecule has 2 aromatic carbocycles. The SMILES string of the molecule is COCCCN(CC(=O)N(Cc1ccc(F)cc1)Cc1sccc1C)S(=O)(=O)c1ccccc1. The maximum Gasteiger partial charge on any atom is 0.243 e. The van der Waals surface area contributed by atoms with Gasteiger partial charge in [-0.25, -0.2) is 12.8 Å². The van der Waals surface area contributed by atoms with Crippen molar-refractivity contribution in [1.29, 1.82) is 0 Å². The van der Waals surface area contributed by atoms with Crippen LogP contribution in [0.4, 0.5) is 4.39 Å². The van der Waals surface area contributed by atoms with Crippen molar-refractivity contribution in [2.75, 3.05) is 26.8 Å². The molecule has 0 radical (unpaired) electrons. The molecule has 0 aliphatic heterocycles. The fourth-order valence-corrected chi connectivity index (χ4v) is 5.81. The summed E-state index contributed by atoms with van der Waals surface area (Å²) >= 11 is 1.54. The van der Waals surface area contributed by atoms with Crippen LogP contribution in [0, 0.1) is 12.7 Å². The average molecular weight is 505 g/mol. The molecule has 0 unspecified atom stereocenters. The number of rotatable bonds is 12. The summed E-state index contributed by atoms with van der Waals surface area (Å²) in [5.74, 6) is -0.678. The van der Waals surface area contributed by atoms with Crippen LogP contribution < -0.4 is 0 Å². The number of amides is 1. The molecule has 1 heterocycles. The van der Waals surface area contributed by atoms with E-state index in [1.807, 2.05) is 18.4 Å². The van der Waals surface area contributed by atoms with E-state index in [1.54, 1.807) is 53.7 Å². The monoisotopic (exact) mass is 504 g/mol. The number of ether oxygens (including phenoxy) is 1. The van der Waals surface area contributed by atoms with Gasteiger partial charge in [0.05, 0.1) is 18.0 Å². The Balaban J connectivity index is 1.86. The molecule has 0 aliphatic rings. The van der Waals surface area contributed by atoms with Gasteiger partial charge in [0.1, 0.15) is 5.82 Å². The molecule has 0 saturated carbocycles. The highest BCUT2D eigenvalue weighted by Gasteiger charge is 2.28. The van der Waals surface area contributed by atoms with Gasteiger partial charge in [-0.1, -0.05) is 30.3 Å². The number of aryl methyl sites for hydroxylation is 1. The molecule has 6 nitrogen and oxygen atoms in total. The van der Waals surface area contributed by atoms with Gasteiger partial charge in [-0.05, 0) is 60.2 Å². The van der Waals surface area contributed by atoms with Crippen LogP contribution in [0.1, 0.15) is 22.4 Å². The number of halogens is 1. The number of nitrogens with zero attached hydrogens (tertiary/aromatic N) is 2. The predicted molar refractivity (Wildman–Crippen MR) is 131 cm³/mol. The van der Waals surface area contributed by atoms with Crippen molar-refractivity contribution in [3.63, 3.8) is 0 Å². The topological polar surface area (TPSA) is 66.9 Å². The summed E-state index contributed by atoms with van der Waals surface area (Å²) in [7, 11) is -2.32. The van der Waals surface area contributed by atoms with Gasteiger partial charge in [-0.2, -0.15) is 4.31 Å². The minimum absolute atomic E-state index is 0.138. The summed E-state index contributed by atoms with van der Waals surface area (Å²) in [5.41, 5.74) is 1.83. The molecule has 1 amide bonds. The lowest BCUT2D eigenvalue weighted by Crippen LogP contribution is -2.43. The molecule has 0 N–H and O–H groups in total. The third kappa shape index (κ3) is 6.96. The molecule has 182 valence electrons. The zero-order valence-corrected chi connectivity index (χ0v) is 20.9. The first-order chi connectivity index (χ1) is 16.3. The van der Waals surface area contributed by atoms with E-state index in [0.717, 1.165) is 16.0 Å². The van der Waals surface area contributed by atoms with Crippen LogP contribution >= 0.6 is 11.3 Å². The van der Waals surface area contributed by atoms with Gasteiger partial charge in [0.25, 0.3) is 0 Å². The van der Waals surface area contributed by atoms with Crippen LogP contribution in [0.5, 0.6) is 0 Å². The van der Waals surface area contributed by atoms with E-state index in [4.69, 9.17) is 4.74 Å². The molecule has 3 aromatic rings. The van der Waals surface area contributed by atoms with Gasteiger partial charge in [-0.15, -0.1) is 11.3 Å². The highest BCUT2D eigenvalue weighted by atomic mass is 32.2. The predicted octanol–water partition coefficient (Wildman–Crippen LogP) is 4.45. The highest BCUT2D eigenvalue weighted by Crippen LogP contribution is 2.21. The van der Waals surface area contributed by atoms with Gasteiger partial charge in [0.2, 0.25) is 15.9 Å². The Hall–Kier alpha value is -2.59. The summed E-state index contributed by atoms with van der Waals surface area (Å²) in [5, 5.41) is 1.96. The standard InChI is InChI=1S/C25H29FN2O4S2/c1-20-13-16-33-24(20)18-27(17-21-9-11-22(26)12-10-21)25(29)19-28(14-6-15-32-2)34(30,31)23-7-4-3-5-8-23/h3-5,7-13,16H,6,14-15,17-19H2,1-2H3. The minimum Gasteiger partial charge on any atom is -0.385 e. The fourth-order valence-electron chi connectivity index (χ4n) is 3.44. The molecular formula is C25H29FN2O4S2. The van der Waals surface area contributed by atoms with E-state index in [2.05, 4.69) is 0 Å². The molecule has 1 aromatic heterocycles. The maximum absolute atomic E-state index is 13.5. The van der Waals surface area contributed by atoms with Gasteiger partial charge in [0, 0.05) is 31.7 Å². The van der Waals surface area contributed by atoms with Crippen LogP contribution in [0.3, 0.4) is 0 Å². The number of hydrogen-bond donors (Lipinski definition) is 0. The van der Waals surface area contributed by atoms with Crippen LogP contribution in [-0.2, 0) is 32.6 Å². The number of hydrogen-bond acceptors (Lipinski definition) is 5. The fraction of sp³-hybridized carbons (Fsp3) is 0.320. The molecule has 0 aliphatic carbocycles. The Morgan fingerprint density at radius 3 is 2.35 bits per heavy atom. The summed E-state index contributed by atoms with van der Waals surface area (Å²) in [6.45, 7) is 2.79. The summed E-state index contributed by atoms with van der Waals surface area (Å²) < 4.78 is 46.3. The second-order valence-electron chi connectivity index (χ2n) is 7.90. The first-order valence-corrected chi connectivity index (χ1v) is 13.2. The first-order valence-electron chi connectivity index (χ1n) is 10.9. The molecule has 9 heteroatoms. The van der Waals surface area contributed by atoms with Crippen LogP contribution in [0.15, 0.2) is 70.9 Å². The van der Waals surface area contributed by atoms with Crippen molar-refractivity contribution in [3.8, 4) is 0 Å². The number of benzene rings is 2. The zero-order chi connectivity index (χ0) is 24.6. The third-order valence-corrected chi connectivity index (χ3v) is 8.26. The second-order valence-corrected chi connectivity index (χ2v) is 10.8. The number of carbonyl (C=O) groups excluding carboxylic acids is 1. The Morgan fingerprint density at radius 1 is 1.03 bits per heavy atom. The van der Waals surface area contributed by atoms with Crippen molar-refractivity contribution in [1.82, 2.24) is 9.21 Å². The van der Waals surface area contributed by atoms with Crippen LogP contribution in [0.25, 0.3) is 0 Å². The molecule has 0 bridgehead atoms. The second kappa shape index (κ2) is 12.2. The van der Waals surface area contributed by atoms with Gasteiger partial charge < -0.3 is 9.64 Å². The summed E-state index contributed by atoms with van der Waals surface area (Å²) in [4.78, 5) is 16.3. The van der Waals surface area contributed by atoms with E-state index in [-0.39, 0.29) is 36.3 Å². The van der Waals surface area contributed by atoms with Crippen molar-refractivity contribution in [3.05, 3.63) is 87.9 Å². The largest absolute Gasteiger partial charge is 0.385 e. The zero-order valence-electron chi connectivity index (χ0n) is 19.3. The molecule has 3 rings (SSSR count). The van der Waals surface area contributed by atoms with Gasteiger partial charge in [0.15, 0.2) is 0 Å². The number of methoxy groups -OCH3 is 1. The normalized spacial score (nSPS) is 11.6. The first kappa shape index (κ1) is 26.0. The van der Waals surface area contributed by atoms with E-state index < -0.39 is 10.0 Å². The van der Waals surface area contributed by atoms with Gasteiger partial charge >= 0.3 is 0 Å². The average Bonchev–Trinajstić information content (AvgIpc) is 3.24. The number of thiophene rings is 1. The summed E-state index contributed by atoms with van der Waals surface area (Å²) in [6.07, 6.45) is 0.456. The molecular weight excluding hydrogens is 475 g/mol. The lowest BCUT2D eigenvalue weighted by Gasteiger charge is -2.27. The highest BCUT2D eigenvalue weighted by molar-refractivity contribution is 7.89. The summed E-state index contributed by atoms with van der Waals surface area (Å²) in [6, 6.07) is 16.1. The third-order valence-electron chi connectivity index (χ3n) is 5.39.